The van der Waals surface area contributed by atoms with Crippen LogP contribution in [0.5, 0.6) is 5.75 Å². The summed E-state index contributed by atoms with van der Waals surface area (Å²) in [4.78, 5) is 53.4. The van der Waals surface area contributed by atoms with Crippen molar-refractivity contribution >= 4 is 55.6 Å². The lowest BCUT2D eigenvalue weighted by molar-refractivity contribution is -0.110. The van der Waals surface area contributed by atoms with Crippen LogP contribution in [0.4, 0.5) is 17.1 Å². The third kappa shape index (κ3) is 14.7. The van der Waals surface area contributed by atoms with Gasteiger partial charge in [-0.3, -0.25) is 9.59 Å². The first kappa shape index (κ1) is 48.4. The number of carbonyl (C=O) groups excluding carboxylic acids is 2. The Balaban J connectivity index is 1.57. The fourth-order valence-electron chi connectivity index (χ4n) is 7.07. The Labute approximate surface area is 361 Å². The van der Waals surface area contributed by atoms with E-state index >= 15 is 0 Å². The molecule has 0 spiro atoms. The van der Waals surface area contributed by atoms with E-state index in [-0.39, 0.29) is 29.3 Å². The fraction of sp³-hybridized carbons (Fsp3) is 0.500. The molecule has 2 N–H and O–H groups in total. The van der Waals surface area contributed by atoms with Crippen LogP contribution >= 0.6 is 0 Å². The summed E-state index contributed by atoms with van der Waals surface area (Å²) in [5.41, 5.74) is 2.25. The van der Waals surface area contributed by atoms with Crippen LogP contribution in [0.2, 0.25) is 0 Å². The molecule has 0 aliphatic heterocycles. The largest absolute Gasteiger partial charge is 0.495 e. The molecule has 332 valence electrons. The van der Waals surface area contributed by atoms with Crippen LogP contribution in [-0.4, -0.2) is 89.4 Å². The first-order valence-electron chi connectivity index (χ1n) is 21.5. The summed E-state index contributed by atoms with van der Waals surface area (Å²) in [5, 5.41) is 4.78. The lowest BCUT2D eigenvalue weighted by Crippen LogP contribution is -2.42. The topological polar surface area (TPSA) is 165 Å². The monoisotopic (exact) mass is 859 g/mol. The molecule has 4 rings (SSSR count). The maximum absolute atomic E-state index is 14.6. The van der Waals surface area contributed by atoms with Gasteiger partial charge in [0, 0.05) is 39.4 Å². The van der Waals surface area contributed by atoms with Crippen LogP contribution in [0.1, 0.15) is 113 Å². The summed E-state index contributed by atoms with van der Waals surface area (Å²) in [6, 6.07) is 17.1. The Morgan fingerprint density at radius 2 is 1.52 bits per heavy atom. The minimum absolute atomic E-state index is 0.00588. The van der Waals surface area contributed by atoms with Crippen LogP contribution in [0.15, 0.2) is 70.5 Å². The summed E-state index contributed by atoms with van der Waals surface area (Å²) in [6.07, 6.45) is 15.6. The van der Waals surface area contributed by atoms with Gasteiger partial charge in [0.05, 0.1) is 47.8 Å². The highest BCUT2D eigenvalue weighted by Crippen LogP contribution is 2.29. The molecule has 3 aromatic carbocycles. The number of aromatic nitrogens is 2. The summed E-state index contributed by atoms with van der Waals surface area (Å²) in [7, 11) is 1.46. The smallest absolute Gasteiger partial charge is 0.338 e. The maximum Gasteiger partial charge on any atom is 0.338 e. The van der Waals surface area contributed by atoms with Gasteiger partial charge in [0.15, 0.2) is 11.5 Å². The zero-order valence-electron chi connectivity index (χ0n) is 37.1. The van der Waals surface area contributed by atoms with E-state index in [0.29, 0.717) is 47.6 Å². The van der Waals surface area contributed by atoms with Gasteiger partial charge in [-0.15, -0.1) is 0 Å². The normalized spacial score (nSPS) is 11.8. The molecule has 0 saturated carbocycles. The number of amides is 1. The predicted octanol–water partition coefficient (Wildman–Crippen LogP) is 7.90. The predicted molar refractivity (Wildman–Crippen MR) is 247 cm³/mol. The van der Waals surface area contributed by atoms with Crippen molar-refractivity contribution in [2.24, 2.45) is 4.99 Å². The van der Waals surface area contributed by atoms with Crippen LogP contribution in [-0.2, 0) is 19.6 Å². The number of fused-ring (bicyclic) bond motifs is 1. The second-order valence-corrected chi connectivity index (χ2v) is 17.3. The third-order valence-electron chi connectivity index (χ3n) is 10.4. The number of esters is 1. The quantitative estimate of drug-likeness (QED) is 0.0360. The van der Waals surface area contributed by atoms with Gasteiger partial charge in [0.25, 0.3) is 11.5 Å². The van der Waals surface area contributed by atoms with E-state index in [1.165, 1.54) is 80.6 Å². The van der Waals surface area contributed by atoms with Crippen molar-refractivity contribution in [3.05, 3.63) is 88.0 Å². The van der Waals surface area contributed by atoms with E-state index < -0.39 is 27.5 Å². The molecule has 4 aromatic rings. The molecule has 1 aromatic heterocycles. The highest BCUT2D eigenvalue weighted by atomic mass is 32.2. The number of para-hydroxylation sites is 1. The summed E-state index contributed by atoms with van der Waals surface area (Å²) >= 11 is 0. The third-order valence-corrected chi connectivity index (χ3v) is 11.1. The molecule has 15 heteroatoms. The molecule has 1 heterocycles. The second kappa shape index (κ2) is 24.2. The number of likely N-dealkylation sites (N-methyl/N-ethyl adjacent to an activating group) is 1. The molecule has 0 unspecified atom stereocenters. The van der Waals surface area contributed by atoms with Crippen molar-refractivity contribution in [1.29, 1.82) is 0 Å². The first-order chi connectivity index (χ1) is 29.3. The number of ether oxygens (including phenoxy) is 2. The molecule has 0 radical (unpaired) electrons. The molecule has 61 heavy (non-hydrogen) atoms. The number of methoxy groups -OCH3 is 1. The van der Waals surface area contributed by atoms with E-state index in [9.17, 15) is 22.8 Å². The molecule has 0 aliphatic carbocycles. The number of hydrogen-bond donors (Lipinski definition) is 2. The van der Waals surface area contributed by atoms with E-state index in [1.807, 2.05) is 30.9 Å². The number of sulfonamides is 1. The fourth-order valence-corrected chi connectivity index (χ4v) is 7.54. The van der Waals surface area contributed by atoms with Gasteiger partial charge < -0.3 is 24.7 Å². The minimum atomic E-state index is -3.34. The zero-order valence-corrected chi connectivity index (χ0v) is 37.9. The molecule has 0 saturated heterocycles. The number of aryl methyl sites for hydroxylation is 1. The molecule has 0 aliphatic rings. The SMILES string of the molecule is CCCCCCCCCCCCCCOC(=O)c1ccc(OC)c(NC(=O)/C(=N/c2ccc(N(CC)CCNS(C)(=O)=O)cc2C)c2nc3ccccc3c(=O)n2N(C)C)c1. The maximum atomic E-state index is 14.6. The average molecular weight is 860 g/mol. The zero-order chi connectivity index (χ0) is 44.4. The molecular formula is C46H65N7O7S. The van der Waals surface area contributed by atoms with Crippen LogP contribution in [0.25, 0.3) is 10.9 Å². The lowest BCUT2D eigenvalue weighted by atomic mass is 10.1. The van der Waals surface area contributed by atoms with E-state index in [0.717, 1.165) is 31.2 Å². The van der Waals surface area contributed by atoms with Gasteiger partial charge in [0.2, 0.25) is 10.0 Å². The van der Waals surface area contributed by atoms with Gasteiger partial charge in [-0.25, -0.2) is 32.6 Å². The Morgan fingerprint density at radius 1 is 0.869 bits per heavy atom. The van der Waals surface area contributed by atoms with Gasteiger partial charge in [-0.05, 0) is 74.4 Å². The summed E-state index contributed by atoms with van der Waals surface area (Å²) < 4.78 is 38.3. The van der Waals surface area contributed by atoms with Crippen molar-refractivity contribution in [3.63, 3.8) is 0 Å². The average Bonchev–Trinajstić information content (AvgIpc) is 3.23. The van der Waals surface area contributed by atoms with E-state index in [2.05, 4.69) is 17.0 Å². The molecule has 1 amide bonds. The number of nitrogens with zero attached hydrogens (tertiary/aromatic N) is 5. The number of hydrogen-bond acceptors (Lipinski definition) is 11. The minimum Gasteiger partial charge on any atom is -0.495 e. The van der Waals surface area contributed by atoms with E-state index in [1.54, 1.807) is 56.6 Å². The number of benzene rings is 3. The highest BCUT2D eigenvalue weighted by molar-refractivity contribution is 7.88. The Hall–Kier alpha value is -5.28. The Morgan fingerprint density at radius 3 is 2.13 bits per heavy atom. The molecule has 0 fully saturated rings. The number of aliphatic imine (C=N–C) groups is 1. The van der Waals surface area contributed by atoms with Crippen molar-refractivity contribution in [1.82, 2.24) is 14.4 Å². The number of unbranched alkanes of at least 4 members (excludes halogenated alkanes) is 11. The Kier molecular flexibility index (Phi) is 19.2. The van der Waals surface area contributed by atoms with Crippen LogP contribution in [0, 0.1) is 6.92 Å². The molecule has 0 atom stereocenters. The van der Waals surface area contributed by atoms with Crippen LogP contribution in [0.3, 0.4) is 0 Å². The molecular weight excluding hydrogens is 795 g/mol. The van der Waals surface area contributed by atoms with Crippen molar-refractivity contribution in [2.75, 3.05) is 68.9 Å². The number of anilines is 2. The van der Waals surface area contributed by atoms with Gasteiger partial charge >= 0.3 is 5.97 Å². The van der Waals surface area contributed by atoms with Gasteiger partial charge in [-0.1, -0.05) is 89.7 Å². The van der Waals surface area contributed by atoms with Crippen molar-refractivity contribution < 1.29 is 27.5 Å². The second-order valence-electron chi connectivity index (χ2n) is 15.5. The van der Waals surface area contributed by atoms with Crippen molar-refractivity contribution in [3.8, 4) is 5.75 Å². The van der Waals surface area contributed by atoms with Gasteiger partial charge in [-0.2, -0.15) is 0 Å². The Bertz CT molecular complexity index is 2270. The number of nitrogens with one attached hydrogen (secondary N) is 2. The molecule has 14 nitrogen and oxygen atoms in total. The highest BCUT2D eigenvalue weighted by Gasteiger charge is 2.26. The lowest BCUT2D eigenvalue weighted by Gasteiger charge is -2.24. The summed E-state index contributed by atoms with van der Waals surface area (Å²) in [5.74, 6) is -0.929. The molecule has 0 bridgehead atoms. The number of rotatable bonds is 26. The van der Waals surface area contributed by atoms with Crippen LogP contribution < -0.4 is 30.2 Å². The van der Waals surface area contributed by atoms with E-state index in [4.69, 9.17) is 19.5 Å². The van der Waals surface area contributed by atoms with Crippen molar-refractivity contribution in [2.45, 2.75) is 97.8 Å². The number of carbonyl (C=O) groups is 2. The summed E-state index contributed by atoms with van der Waals surface area (Å²) in [6.45, 7) is 7.64. The van der Waals surface area contributed by atoms with Gasteiger partial charge in [0.1, 0.15) is 5.75 Å². The first-order valence-corrected chi connectivity index (χ1v) is 23.4. The standard InChI is InChI=1S/C46H65N7O7S/c1-8-10-11-12-13-14-15-16-17-18-19-22-31-60-46(56)35-25-28-41(59-6)40(33-35)50-44(54)42(43-49-39-24-21-20-23-37(39)45(55)53(43)51(4)5)48-38-27-26-36(32-34(38)3)52(9-2)30-29-47-61(7,57)58/h20-21,23-28,32-33,47H,8-19,22,29-31H2,1-7H3,(H,50,54)/b48-42+.